The quantitative estimate of drug-likeness (QED) is 0.380. The van der Waals surface area contributed by atoms with Crippen LogP contribution in [0.25, 0.3) is 27.6 Å². The van der Waals surface area contributed by atoms with E-state index in [0.29, 0.717) is 12.0 Å². The summed E-state index contributed by atoms with van der Waals surface area (Å²) < 4.78 is 13.2. The summed E-state index contributed by atoms with van der Waals surface area (Å²) in [6.07, 6.45) is 12.6. The van der Waals surface area contributed by atoms with Gasteiger partial charge in [0.1, 0.15) is 5.01 Å². The molecule has 2 aliphatic rings. The maximum Gasteiger partial charge on any atom is 0.179 e. The highest BCUT2D eigenvalue weighted by atomic mass is 32.1. The Morgan fingerprint density at radius 1 is 1.14 bits per heavy atom. The number of hydrogen-bond donors (Lipinski definition) is 1. The number of thiazole rings is 1. The number of hydrogen-bond acceptors (Lipinski definition) is 7. The van der Waals surface area contributed by atoms with E-state index in [-0.39, 0.29) is 5.92 Å². The van der Waals surface area contributed by atoms with E-state index in [0.717, 1.165) is 46.6 Å². The lowest BCUT2D eigenvalue weighted by Crippen LogP contribution is -2.43. The van der Waals surface area contributed by atoms with E-state index in [2.05, 4.69) is 41.2 Å². The lowest BCUT2D eigenvalue weighted by atomic mass is 9.93. The van der Waals surface area contributed by atoms with E-state index < -0.39 is 0 Å². The summed E-state index contributed by atoms with van der Waals surface area (Å²) in [7, 11) is 1.68. The van der Waals surface area contributed by atoms with Crippen LogP contribution in [0.3, 0.4) is 0 Å². The van der Waals surface area contributed by atoms with Crippen molar-refractivity contribution in [3.63, 3.8) is 0 Å². The Bertz CT molecular complexity index is 1330. The third kappa shape index (κ3) is 4.33. The van der Waals surface area contributed by atoms with E-state index in [1.54, 1.807) is 13.3 Å². The monoisotopic (exact) mass is 506 g/mol. The molecule has 1 N–H and O–H groups in total. The van der Waals surface area contributed by atoms with Gasteiger partial charge in [-0.3, -0.25) is 5.10 Å². The molecule has 0 saturated carbocycles. The molecule has 4 aromatic rings. The first-order valence-electron chi connectivity index (χ1n) is 13.0. The summed E-state index contributed by atoms with van der Waals surface area (Å²) in [4.78, 5) is 13.4. The lowest BCUT2D eigenvalue weighted by Gasteiger charge is -2.39. The Balaban J connectivity index is 1.25. The van der Waals surface area contributed by atoms with E-state index in [4.69, 9.17) is 19.6 Å². The molecule has 2 saturated heterocycles. The second-order valence-electron chi connectivity index (χ2n) is 10.2. The van der Waals surface area contributed by atoms with Gasteiger partial charge in [-0.05, 0) is 56.7 Å². The normalized spacial score (nSPS) is 18.4. The molecule has 9 heteroatoms. The van der Waals surface area contributed by atoms with Crippen LogP contribution in [-0.4, -0.2) is 68.9 Å². The molecule has 6 rings (SSSR count). The molecule has 0 spiro atoms. The number of nitrogens with zero attached hydrogens (tertiary/aromatic N) is 5. The molecule has 0 unspecified atom stereocenters. The van der Waals surface area contributed by atoms with Gasteiger partial charge in [0.15, 0.2) is 11.4 Å². The molecule has 0 bridgehead atoms. The number of aromatic nitrogens is 5. The van der Waals surface area contributed by atoms with Crippen molar-refractivity contribution in [1.82, 2.24) is 29.5 Å². The summed E-state index contributed by atoms with van der Waals surface area (Å²) in [6, 6.07) is 2.72. The van der Waals surface area contributed by atoms with Crippen molar-refractivity contribution in [2.24, 2.45) is 0 Å². The fraction of sp³-hybridized carbons (Fsp3) is 0.519. The molecule has 0 aliphatic carbocycles. The molecule has 0 atom stereocenters. The number of likely N-dealkylation sites (tertiary alicyclic amines) is 1. The fourth-order valence-electron chi connectivity index (χ4n) is 5.77. The van der Waals surface area contributed by atoms with Gasteiger partial charge in [-0.1, -0.05) is 13.8 Å². The largest absolute Gasteiger partial charge is 0.493 e. The fourth-order valence-corrected chi connectivity index (χ4v) is 6.86. The first kappa shape index (κ1) is 23.6. The molecule has 0 radical (unpaired) electrons. The topological polar surface area (TPSA) is 80.6 Å². The maximum absolute atomic E-state index is 5.62. The number of fused-ring (bicyclic) bond motifs is 1. The minimum absolute atomic E-state index is 0.285. The Hall–Kier alpha value is -2.75. The molecule has 0 aromatic carbocycles. The molecule has 190 valence electrons. The van der Waals surface area contributed by atoms with Gasteiger partial charge in [-0.25, -0.2) is 9.97 Å². The smallest absolute Gasteiger partial charge is 0.179 e. The SMILES string of the molecule is COc1cc(-c2n[nH]c(-c3ncc(C4CCN(C5CCOCC5)CC4)s3)c2C(C)C)cn2ccnc12. The summed E-state index contributed by atoms with van der Waals surface area (Å²) in [5, 5.41) is 9.12. The molecule has 2 fully saturated rings. The summed E-state index contributed by atoms with van der Waals surface area (Å²) >= 11 is 1.82. The molecule has 4 aromatic heterocycles. The molecular weight excluding hydrogens is 472 g/mol. The first-order valence-corrected chi connectivity index (χ1v) is 13.8. The highest BCUT2D eigenvalue weighted by molar-refractivity contribution is 7.15. The zero-order valence-corrected chi connectivity index (χ0v) is 22.1. The van der Waals surface area contributed by atoms with Crippen LogP contribution in [0, 0.1) is 0 Å². The number of aromatic amines is 1. The van der Waals surface area contributed by atoms with Gasteiger partial charge in [-0.15, -0.1) is 11.3 Å². The standard InChI is InChI=1S/C27H34N6O2S/c1-17(2)23-24(19-14-21(34-3)26-28-8-11-33(26)16-19)30-31-25(23)27-29-15-22(36-27)18-4-9-32(10-5-18)20-6-12-35-13-7-20/h8,11,14-18,20H,4-7,9-10,12-13H2,1-3H3,(H,30,31). The van der Waals surface area contributed by atoms with E-state index in [9.17, 15) is 0 Å². The minimum atomic E-state index is 0.285. The van der Waals surface area contributed by atoms with Crippen LogP contribution in [0.1, 0.15) is 61.8 Å². The van der Waals surface area contributed by atoms with Gasteiger partial charge in [-0.2, -0.15) is 5.10 Å². The van der Waals surface area contributed by atoms with E-state index in [1.165, 1.54) is 49.2 Å². The van der Waals surface area contributed by atoms with Gasteiger partial charge in [0.05, 0.1) is 18.5 Å². The number of ether oxygens (including phenoxy) is 2. The van der Waals surface area contributed by atoms with Crippen LogP contribution in [0.15, 0.2) is 30.9 Å². The van der Waals surface area contributed by atoms with Crippen LogP contribution in [0.2, 0.25) is 0 Å². The summed E-state index contributed by atoms with van der Waals surface area (Å²) in [5.41, 5.74) is 4.96. The number of pyridine rings is 1. The van der Waals surface area contributed by atoms with Crippen molar-refractivity contribution in [1.29, 1.82) is 0 Å². The van der Waals surface area contributed by atoms with Gasteiger partial charge < -0.3 is 18.8 Å². The number of nitrogens with one attached hydrogen (secondary N) is 1. The van der Waals surface area contributed by atoms with Gasteiger partial charge in [0.2, 0.25) is 0 Å². The van der Waals surface area contributed by atoms with E-state index in [1.807, 2.05) is 28.0 Å². The Morgan fingerprint density at radius 2 is 1.94 bits per heavy atom. The highest BCUT2D eigenvalue weighted by Crippen LogP contribution is 2.41. The predicted molar refractivity (Wildman–Crippen MR) is 142 cm³/mol. The second-order valence-corrected chi connectivity index (χ2v) is 11.3. The average molecular weight is 507 g/mol. The third-order valence-corrected chi connectivity index (χ3v) is 8.88. The molecular formula is C27H34N6O2S. The number of rotatable bonds is 6. The van der Waals surface area contributed by atoms with Crippen LogP contribution in [0.5, 0.6) is 5.75 Å². The van der Waals surface area contributed by atoms with Crippen LogP contribution in [0.4, 0.5) is 0 Å². The Labute approximate surface area is 215 Å². The third-order valence-electron chi connectivity index (χ3n) is 7.71. The Kier molecular flexibility index (Phi) is 6.54. The van der Waals surface area contributed by atoms with Crippen LogP contribution in [-0.2, 0) is 4.74 Å². The summed E-state index contributed by atoms with van der Waals surface area (Å²) in [5.74, 6) is 1.61. The van der Waals surface area contributed by atoms with Crippen LogP contribution < -0.4 is 4.74 Å². The predicted octanol–water partition coefficient (Wildman–Crippen LogP) is 5.34. The zero-order valence-electron chi connectivity index (χ0n) is 21.2. The van der Waals surface area contributed by atoms with Crippen molar-refractivity contribution in [3.05, 3.63) is 41.3 Å². The molecule has 0 amide bonds. The molecule has 2 aliphatic heterocycles. The Morgan fingerprint density at radius 3 is 2.69 bits per heavy atom. The number of imidazole rings is 1. The van der Waals surface area contributed by atoms with Crippen molar-refractivity contribution in [2.75, 3.05) is 33.4 Å². The van der Waals surface area contributed by atoms with Gasteiger partial charge >= 0.3 is 0 Å². The van der Waals surface area contributed by atoms with Crippen molar-refractivity contribution < 1.29 is 9.47 Å². The van der Waals surface area contributed by atoms with Crippen molar-refractivity contribution in [3.8, 4) is 27.7 Å². The highest BCUT2D eigenvalue weighted by Gasteiger charge is 2.29. The minimum Gasteiger partial charge on any atom is -0.493 e. The lowest BCUT2D eigenvalue weighted by molar-refractivity contribution is 0.0253. The maximum atomic E-state index is 5.62. The first-order chi connectivity index (χ1) is 17.6. The average Bonchev–Trinajstić information content (AvgIpc) is 3.67. The molecule has 6 heterocycles. The van der Waals surface area contributed by atoms with Gasteiger partial charge in [0.25, 0.3) is 0 Å². The van der Waals surface area contributed by atoms with Gasteiger partial charge in [0, 0.05) is 60.0 Å². The molecule has 8 nitrogen and oxygen atoms in total. The zero-order chi connectivity index (χ0) is 24.6. The van der Waals surface area contributed by atoms with Crippen molar-refractivity contribution >= 4 is 17.0 Å². The van der Waals surface area contributed by atoms with Crippen molar-refractivity contribution in [2.45, 2.75) is 57.4 Å². The number of H-pyrrole nitrogens is 1. The van der Waals surface area contributed by atoms with E-state index >= 15 is 0 Å². The number of piperidine rings is 1. The summed E-state index contributed by atoms with van der Waals surface area (Å²) in [6.45, 7) is 8.60. The number of methoxy groups -OCH3 is 1. The second kappa shape index (κ2) is 9.95. The van der Waals surface area contributed by atoms with Crippen LogP contribution >= 0.6 is 11.3 Å². The molecule has 36 heavy (non-hydrogen) atoms.